The molecule has 0 saturated heterocycles. The topological polar surface area (TPSA) is 29.9 Å². The molecule has 20 heavy (non-hydrogen) atoms. The van der Waals surface area contributed by atoms with Crippen LogP contribution in [0.5, 0.6) is 0 Å². The first kappa shape index (κ1) is 14.5. The van der Waals surface area contributed by atoms with Gasteiger partial charge < -0.3 is 9.88 Å². The molecule has 0 saturated carbocycles. The Morgan fingerprint density at radius 2 is 2.00 bits per heavy atom. The molecule has 0 radical (unpaired) electrons. The number of nitrogens with zero attached hydrogens (tertiary/aromatic N) is 2. The van der Waals surface area contributed by atoms with E-state index in [1.165, 1.54) is 0 Å². The highest BCUT2D eigenvalue weighted by Crippen LogP contribution is 2.30. The summed E-state index contributed by atoms with van der Waals surface area (Å²) in [6.45, 7) is 1.37. The first-order valence-electron chi connectivity index (χ1n) is 5.98. The number of aromatic nitrogens is 2. The molecule has 0 unspecified atom stereocenters. The fraction of sp³-hybridized carbons (Fsp3) is 0.308. The van der Waals surface area contributed by atoms with E-state index in [0.717, 1.165) is 12.1 Å². The van der Waals surface area contributed by atoms with Crippen molar-refractivity contribution in [2.45, 2.75) is 19.3 Å². The van der Waals surface area contributed by atoms with E-state index in [9.17, 15) is 17.6 Å². The summed E-state index contributed by atoms with van der Waals surface area (Å²) in [4.78, 5) is 3.87. The molecule has 0 fully saturated rings. The first-order valence-corrected chi connectivity index (χ1v) is 5.98. The van der Waals surface area contributed by atoms with Gasteiger partial charge in [-0.1, -0.05) is 0 Å². The van der Waals surface area contributed by atoms with Crippen molar-refractivity contribution in [2.24, 2.45) is 0 Å². The predicted octanol–water partition coefficient (Wildman–Crippen LogP) is 2.83. The van der Waals surface area contributed by atoms with Crippen LogP contribution in [0.1, 0.15) is 11.1 Å². The van der Waals surface area contributed by atoms with Gasteiger partial charge in [-0.15, -0.1) is 0 Å². The van der Waals surface area contributed by atoms with Crippen molar-refractivity contribution in [1.82, 2.24) is 14.9 Å². The van der Waals surface area contributed by atoms with Gasteiger partial charge in [-0.05, 0) is 23.8 Å². The molecule has 1 aromatic carbocycles. The van der Waals surface area contributed by atoms with Crippen LogP contribution >= 0.6 is 0 Å². The average Bonchev–Trinajstić information content (AvgIpc) is 2.86. The fourth-order valence-corrected chi connectivity index (χ4v) is 1.78. The zero-order valence-electron chi connectivity index (χ0n) is 10.5. The Hall–Kier alpha value is -1.89. The third kappa shape index (κ3) is 4.06. The van der Waals surface area contributed by atoms with E-state index in [-0.39, 0.29) is 12.1 Å². The number of alkyl halides is 3. The van der Waals surface area contributed by atoms with E-state index in [2.05, 4.69) is 10.3 Å². The first-order chi connectivity index (χ1) is 9.45. The van der Waals surface area contributed by atoms with Gasteiger partial charge in [0.1, 0.15) is 5.82 Å². The maximum Gasteiger partial charge on any atom is 0.416 e. The molecule has 2 aromatic rings. The van der Waals surface area contributed by atoms with Gasteiger partial charge in [0.2, 0.25) is 0 Å². The lowest BCUT2D eigenvalue weighted by atomic mass is 10.1. The minimum Gasteiger partial charge on any atom is -0.336 e. The summed E-state index contributed by atoms with van der Waals surface area (Å²) in [7, 11) is 0. The van der Waals surface area contributed by atoms with Gasteiger partial charge in [0, 0.05) is 32.0 Å². The molecule has 0 aliphatic rings. The number of imidazole rings is 1. The van der Waals surface area contributed by atoms with Crippen molar-refractivity contribution in [3.8, 4) is 0 Å². The molecule has 0 bridgehead atoms. The molecule has 0 aliphatic carbocycles. The molecule has 0 atom stereocenters. The second kappa shape index (κ2) is 6.04. The quantitative estimate of drug-likeness (QED) is 0.677. The second-order valence-corrected chi connectivity index (χ2v) is 4.32. The maximum absolute atomic E-state index is 13.2. The fourth-order valence-electron chi connectivity index (χ4n) is 1.78. The smallest absolute Gasteiger partial charge is 0.336 e. The molecule has 0 spiro atoms. The summed E-state index contributed by atoms with van der Waals surface area (Å²) < 4.78 is 52.6. The summed E-state index contributed by atoms with van der Waals surface area (Å²) in [5.74, 6) is -0.883. The Balaban J connectivity index is 1.91. The molecule has 3 nitrogen and oxygen atoms in total. The molecule has 2 rings (SSSR count). The SMILES string of the molecule is Fc1cc(CNCCn2ccnc2)cc(C(F)(F)F)c1. The standard InChI is InChI=1S/C13H13F4N3/c14-12-6-10(5-11(7-12)13(15,16)17)8-18-1-3-20-4-2-19-9-20/h2,4-7,9,18H,1,3,8H2. The minimum absolute atomic E-state index is 0.176. The number of hydrogen-bond acceptors (Lipinski definition) is 2. The van der Waals surface area contributed by atoms with Crippen LogP contribution in [0.3, 0.4) is 0 Å². The van der Waals surface area contributed by atoms with Gasteiger partial charge >= 0.3 is 6.18 Å². The lowest BCUT2D eigenvalue weighted by Gasteiger charge is -2.10. The summed E-state index contributed by atoms with van der Waals surface area (Å²) >= 11 is 0. The predicted molar refractivity (Wildman–Crippen MR) is 65.3 cm³/mol. The molecule has 1 heterocycles. The van der Waals surface area contributed by atoms with E-state index >= 15 is 0 Å². The molecule has 1 aromatic heterocycles. The third-order valence-corrected chi connectivity index (χ3v) is 2.72. The zero-order chi connectivity index (χ0) is 14.6. The maximum atomic E-state index is 13.2. The van der Waals surface area contributed by atoms with Crippen LogP contribution in [0.25, 0.3) is 0 Å². The molecule has 1 N–H and O–H groups in total. The highest BCUT2D eigenvalue weighted by Gasteiger charge is 2.31. The van der Waals surface area contributed by atoms with Crippen molar-refractivity contribution in [3.05, 3.63) is 53.9 Å². The molecule has 7 heteroatoms. The van der Waals surface area contributed by atoms with Crippen LogP contribution in [-0.4, -0.2) is 16.1 Å². The number of rotatable bonds is 5. The van der Waals surface area contributed by atoms with Crippen molar-refractivity contribution in [3.63, 3.8) is 0 Å². The number of benzene rings is 1. The normalized spacial score (nSPS) is 11.8. The van der Waals surface area contributed by atoms with Crippen LogP contribution in [0.15, 0.2) is 36.9 Å². The molecule has 0 aliphatic heterocycles. The number of hydrogen-bond donors (Lipinski definition) is 1. The molecular weight excluding hydrogens is 274 g/mol. The summed E-state index contributed by atoms with van der Waals surface area (Å²) in [6, 6.07) is 2.54. The largest absolute Gasteiger partial charge is 0.416 e. The van der Waals surface area contributed by atoms with Gasteiger partial charge in [0.05, 0.1) is 11.9 Å². The van der Waals surface area contributed by atoms with E-state index in [1.807, 2.05) is 4.57 Å². The van der Waals surface area contributed by atoms with E-state index in [0.29, 0.717) is 19.2 Å². The second-order valence-electron chi connectivity index (χ2n) is 4.32. The highest BCUT2D eigenvalue weighted by molar-refractivity contribution is 5.26. The summed E-state index contributed by atoms with van der Waals surface area (Å²) in [5.41, 5.74) is -0.702. The van der Waals surface area contributed by atoms with Crippen molar-refractivity contribution in [2.75, 3.05) is 6.54 Å². The lowest BCUT2D eigenvalue weighted by Crippen LogP contribution is -2.19. The Morgan fingerprint density at radius 3 is 2.65 bits per heavy atom. The minimum atomic E-state index is -4.53. The van der Waals surface area contributed by atoms with Crippen molar-refractivity contribution < 1.29 is 17.6 Å². The Labute approximate surface area is 113 Å². The Morgan fingerprint density at radius 1 is 1.20 bits per heavy atom. The van der Waals surface area contributed by atoms with Gasteiger partial charge in [0.25, 0.3) is 0 Å². The van der Waals surface area contributed by atoms with Crippen LogP contribution in [0, 0.1) is 5.82 Å². The zero-order valence-corrected chi connectivity index (χ0v) is 10.5. The molecular formula is C13H13F4N3. The van der Waals surface area contributed by atoms with Gasteiger partial charge in [-0.2, -0.15) is 13.2 Å². The summed E-state index contributed by atoms with van der Waals surface area (Å²) in [6.07, 6.45) is 0.535. The van der Waals surface area contributed by atoms with E-state index in [1.54, 1.807) is 18.7 Å². The van der Waals surface area contributed by atoms with Gasteiger partial charge in [-0.3, -0.25) is 0 Å². The van der Waals surface area contributed by atoms with Crippen LogP contribution < -0.4 is 5.32 Å². The number of halogens is 4. The van der Waals surface area contributed by atoms with Crippen LogP contribution in [0.2, 0.25) is 0 Å². The van der Waals surface area contributed by atoms with Gasteiger partial charge in [-0.25, -0.2) is 9.37 Å². The van der Waals surface area contributed by atoms with Crippen molar-refractivity contribution in [1.29, 1.82) is 0 Å². The highest BCUT2D eigenvalue weighted by atomic mass is 19.4. The third-order valence-electron chi connectivity index (χ3n) is 2.72. The Bertz CT molecular complexity index is 549. The van der Waals surface area contributed by atoms with Crippen LogP contribution in [0.4, 0.5) is 17.6 Å². The van der Waals surface area contributed by atoms with Crippen molar-refractivity contribution >= 4 is 0 Å². The monoisotopic (exact) mass is 287 g/mol. The van der Waals surface area contributed by atoms with E-state index in [4.69, 9.17) is 0 Å². The Kier molecular flexibility index (Phi) is 4.39. The average molecular weight is 287 g/mol. The van der Waals surface area contributed by atoms with Gasteiger partial charge in [0.15, 0.2) is 0 Å². The van der Waals surface area contributed by atoms with Crippen LogP contribution in [-0.2, 0) is 19.3 Å². The van der Waals surface area contributed by atoms with E-state index < -0.39 is 17.6 Å². The molecule has 0 amide bonds. The lowest BCUT2D eigenvalue weighted by molar-refractivity contribution is -0.137. The number of nitrogens with one attached hydrogen (secondary N) is 1. The molecule has 108 valence electrons. The summed E-state index contributed by atoms with van der Waals surface area (Å²) in [5, 5.41) is 2.96.